The summed E-state index contributed by atoms with van der Waals surface area (Å²) in [5.41, 5.74) is 4.86. The molecule has 3 aromatic rings. The monoisotopic (exact) mass is 353 g/mol. The first-order valence-electron chi connectivity index (χ1n) is 8.04. The van der Waals surface area contributed by atoms with Crippen LogP contribution in [0.5, 0.6) is 5.75 Å². The van der Waals surface area contributed by atoms with Gasteiger partial charge in [-0.1, -0.05) is 6.07 Å². The van der Waals surface area contributed by atoms with E-state index in [9.17, 15) is 9.90 Å². The van der Waals surface area contributed by atoms with Gasteiger partial charge in [0.25, 0.3) is 5.91 Å². The summed E-state index contributed by atoms with van der Waals surface area (Å²) >= 11 is 0. The first-order chi connectivity index (χ1) is 12.7. The Morgan fingerprint density at radius 2 is 2.04 bits per heavy atom. The van der Waals surface area contributed by atoms with E-state index in [1.54, 1.807) is 18.7 Å². The van der Waals surface area contributed by atoms with Crippen molar-refractivity contribution < 1.29 is 19.8 Å². The molecule has 3 rings (SSSR count). The zero-order chi connectivity index (χ0) is 18.5. The van der Waals surface area contributed by atoms with Gasteiger partial charge >= 0.3 is 0 Å². The summed E-state index contributed by atoms with van der Waals surface area (Å²) in [7, 11) is 1.61. The van der Waals surface area contributed by atoms with E-state index in [1.165, 1.54) is 6.08 Å². The van der Waals surface area contributed by atoms with Gasteiger partial charge in [-0.25, -0.2) is 10.5 Å². The lowest BCUT2D eigenvalue weighted by Gasteiger charge is -2.08. The molecule has 0 fully saturated rings. The van der Waals surface area contributed by atoms with Crippen molar-refractivity contribution in [1.82, 2.24) is 15.0 Å². The maximum atomic E-state index is 11.1. The van der Waals surface area contributed by atoms with Crippen molar-refractivity contribution in [2.45, 2.75) is 6.54 Å². The van der Waals surface area contributed by atoms with Crippen LogP contribution < -0.4 is 10.2 Å². The number of aromatic nitrogens is 2. The van der Waals surface area contributed by atoms with Crippen LogP contribution in [0.3, 0.4) is 0 Å². The summed E-state index contributed by atoms with van der Waals surface area (Å²) in [5, 5.41) is 18.0. The minimum absolute atomic E-state index is 0.00700. The first-order valence-corrected chi connectivity index (χ1v) is 8.04. The van der Waals surface area contributed by atoms with Gasteiger partial charge < -0.3 is 14.4 Å². The number of nitrogens with zero attached hydrogens (tertiary/aromatic N) is 2. The van der Waals surface area contributed by atoms with Gasteiger partial charge in [-0.3, -0.25) is 10.0 Å². The third-order valence-corrected chi connectivity index (χ3v) is 3.98. The molecule has 0 spiro atoms. The molecule has 0 atom stereocenters. The van der Waals surface area contributed by atoms with E-state index in [0.717, 1.165) is 33.7 Å². The first kappa shape index (κ1) is 17.7. The number of benzene rings is 2. The molecule has 0 aliphatic rings. The maximum Gasteiger partial charge on any atom is 0.267 e. The van der Waals surface area contributed by atoms with Crippen LogP contribution in [-0.4, -0.2) is 39.5 Å². The molecule has 0 saturated heterocycles. The van der Waals surface area contributed by atoms with Gasteiger partial charge in [0.1, 0.15) is 11.6 Å². The van der Waals surface area contributed by atoms with Crippen molar-refractivity contribution in [2.24, 2.45) is 0 Å². The lowest BCUT2D eigenvalue weighted by Crippen LogP contribution is -2.14. The maximum absolute atomic E-state index is 11.1. The number of aliphatic hydroxyl groups excluding tert-OH is 1. The van der Waals surface area contributed by atoms with Gasteiger partial charge in [-0.05, 0) is 48.0 Å². The molecular weight excluding hydrogens is 334 g/mol. The number of hydrogen-bond acceptors (Lipinski definition) is 5. The van der Waals surface area contributed by atoms with Gasteiger partial charge in [-0.15, -0.1) is 0 Å². The van der Waals surface area contributed by atoms with E-state index in [0.29, 0.717) is 6.54 Å². The molecule has 7 heteroatoms. The van der Waals surface area contributed by atoms with E-state index in [2.05, 4.69) is 0 Å². The van der Waals surface area contributed by atoms with Crippen LogP contribution in [0.25, 0.3) is 28.5 Å². The molecule has 134 valence electrons. The van der Waals surface area contributed by atoms with E-state index < -0.39 is 5.91 Å². The van der Waals surface area contributed by atoms with Crippen molar-refractivity contribution in [3.63, 3.8) is 0 Å². The quantitative estimate of drug-likeness (QED) is 0.359. The second-order valence-corrected chi connectivity index (χ2v) is 5.60. The number of ether oxygens (including phenoxy) is 1. The molecule has 2 aromatic carbocycles. The molecule has 3 N–H and O–H groups in total. The van der Waals surface area contributed by atoms with Crippen molar-refractivity contribution in [1.29, 1.82) is 0 Å². The molecular formula is C19H19N3O4. The Labute approximate surface area is 150 Å². The summed E-state index contributed by atoms with van der Waals surface area (Å²) in [5.74, 6) is 0.897. The third kappa shape index (κ3) is 3.58. The number of amides is 1. The second-order valence-electron chi connectivity index (χ2n) is 5.60. The lowest BCUT2D eigenvalue weighted by atomic mass is 10.2. The lowest BCUT2D eigenvalue weighted by molar-refractivity contribution is -0.124. The highest BCUT2D eigenvalue weighted by atomic mass is 16.5. The van der Waals surface area contributed by atoms with Crippen LogP contribution in [0.2, 0.25) is 0 Å². The van der Waals surface area contributed by atoms with Crippen LogP contribution in [0.1, 0.15) is 5.56 Å². The Morgan fingerprint density at radius 3 is 2.69 bits per heavy atom. The van der Waals surface area contributed by atoms with Gasteiger partial charge in [0.15, 0.2) is 0 Å². The van der Waals surface area contributed by atoms with Crippen LogP contribution in [0, 0.1) is 0 Å². The second kappa shape index (κ2) is 7.81. The smallest absolute Gasteiger partial charge is 0.267 e. The van der Waals surface area contributed by atoms with Gasteiger partial charge in [0.05, 0.1) is 24.8 Å². The number of fused-ring (bicyclic) bond motifs is 1. The minimum atomic E-state index is -0.602. The molecule has 0 radical (unpaired) electrons. The average Bonchev–Trinajstić information content (AvgIpc) is 3.04. The number of carbonyl (C=O) groups is 1. The Morgan fingerprint density at radius 1 is 1.27 bits per heavy atom. The van der Waals surface area contributed by atoms with Gasteiger partial charge in [0.2, 0.25) is 0 Å². The predicted octanol–water partition coefficient (Wildman–Crippen LogP) is 2.22. The third-order valence-electron chi connectivity index (χ3n) is 3.98. The highest BCUT2D eigenvalue weighted by Gasteiger charge is 2.12. The summed E-state index contributed by atoms with van der Waals surface area (Å²) in [6.45, 7) is 0.410. The normalized spacial score (nSPS) is 11.2. The number of aliphatic hydroxyl groups is 1. The highest BCUT2D eigenvalue weighted by Crippen LogP contribution is 2.27. The Bertz CT molecular complexity index is 945. The van der Waals surface area contributed by atoms with Crippen LogP contribution in [-0.2, 0) is 11.3 Å². The summed E-state index contributed by atoms with van der Waals surface area (Å²) in [4.78, 5) is 15.8. The summed E-state index contributed by atoms with van der Waals surface area (Å²) < 4.78 is 7.14. The largest absolute Gasteiger partial charge is 0.497 e. The number of hydroxylamine groups is 1. The fourth-order valence-electron chi connectivity index (χ4n) is 2.75. The van der Waals surface area contributed by atoms with E-state index in [1.807, 2.05) is 47.0 Å². The van der Waals surface area contributed by atoms with Gasteiger partial charge in [-0.2, -0.15) is 0 Å². The van der Waals surface area contributed by atoms with E-state index >= 15 is 0 Å². The predicted molar refractivity (Wildman–Crippen MR) is 97.8 cm³/mol. The van der Waals surface area contributed by atoms with Crippen molar-refractivity contribution in [3.8, 4) is 17.1 Å². The highest BCUT2D eigenvalue weighted by molar-refractivity contribution is 5.91. The number of nitrogens with one attached hydrogen (secondary N) is 1. The minimum Gasteiger partial charge on any atom is -0.497 e. The SMILES string of the molecule is COc1ccc(-c2nc3cc(C=CC(=O)NO)ccc3n2CCO)cc1. The number of hydrogen-bond donors (Lipinski definition) is 3. The fourth-order valence-corrected chi connectivity index (χ4v) is 2.75. The molecule has 26 heavy (non-hydrogen) atoms. The average molecular weight is 353 g/mol. The van der Waals surface area contributed by atoms with Crippen molar-refractivity contribution >= 4 is 23.0 Å². The molecule has 7 nitrogen and oxygen atoms in total. The zero-order valence-electron chi connectivity index (χ0n) is 14.2. The number of rotatable bonds is 6. The molecule has 0 aliphatic carbocycles. The molecule has 0 saturated carbocycles. The van der Waals surface area contributed by atoms with Crippen molar-refractivity contribution in [2.75, 3.05) is 13.7 Å². The number of carbonyl (C=O) groups excluding carboxylic acids is 1. The molecule has 0 unspecified atom stereocenters. The number of imidazole rings is 1. The van der Waals surface area contributed by atoms with E-state index in [4.69, 9.17) is 14.9 Å². The zero-order valence-corrected chi connectivity index (χ0v) is 14.2. The Balaban J connectivity index is 2.05. The summed E-state index contributed by atoms with van der Waals surface area (Å²) in [6.07, 6.45) is 2.82. The summed E-state index contributed by atoms with van der Waals surface area (Å²) in [6, 6.07) is 13.1. The van der Waals surface area contributed by atoms with Crippen molar-refractivity contribution in [3.05, 3.63) is 54.1 Å². The van der Waals surface area contributed by atoms with E-state index in [-0.39, 0.29) is 6.61 Å². The molecule has 0 aliphatic heterocycles. The van der Waals surface area contributed by atoms with Gasteiger partial charge in [0, 0.05) is 18.2 Å². The van der Waals surface area contributed by atoms with Crippen LogP contribution in [0.4, 0.5) is 0 Å². The fraction of sp³-hybridized carbons (Fsp3) is 0.158. The molecule has 1 amide bonds. The molecule has 1 heterocycles. The topological polar surface area (TPSA) is 96.6 Å². The van der Waals surface area contributed by atoms with Crippen LogP contribution in [0.15, 0.2) is 48.5 Å². The molecule has 0 bridgehead atoms. The van der Waals surface area contributed by atoms with Crippen LogP contribution >= 0.6 is 0 Å². The standard InChI is InChI=1S/C19H19N3O4/c1-26-15-6-4-14(5-7-15)19-20-16-12-13(3-9-18(24)21-25)2-8-17(16)22(19)10-11-23/h2-9,12,23,25H,10-11H2,1H3,(H,21,24). The molecule has 1 aromatic heterocycles. The number of methoxy groups -OCH3 is 1. The Kier molecular flexibility index (Phi) is 5.31. The Hall–Kier alpha value is -3.16.